The van der Waals surface area contributed by atoms with Gasteiger partial charge in [-0.15, -0.1) is 0 Å². The molecular formula is C12H21NO2. The van der Waals surface area contributed by atoms with E-state index in [9.17, 15) is 0 Å². The molecule has 0 saturated carbocycles. The zero-order chi connectivity index (χ0) is 16.6. The third-order valence-corrected chi connectivity index (χ3v) is 1.56. The molecule has 0 saturated heterocycles. The van der Waals surface area contributed by atoms with Crippen LogP contribution in [0.1, 0.15) is 34.0 Å². The molecule has 1 aliphatic rings. The second-order valence-corrected chi connectivity index (χ2v) is 3.23. The van der Waals surface area contributed by atoms with Crippen LogP contribution in [-0.4, -0.2) is 24.8 Å². The molecule has 0 aromatic rings. The Morgan fingerprint density at radius 2 is 2.67 bits per heavy atom. The average molecular weight is 217 g/mol. The van der Waals surface area contributed by atoms with Crippen molar-refractivity contribution in [1.82, 2.24) is 5.31 Å². The predicted octanol–water partition coefficient (Wildman–Crippen LogP) is 2.21. The van der Waals surface area contributed by atoms with E-state index < -0.39 is 30.6 Å². The van der Waals surface area contributed by atoms with Gasteiger partial charge >= 0.3 is 0 Å². The molecule has 2 atom stereocenters. The normalized spacial score (nSPS) is 45.3. The highest BCUT2D eigenvalue weighted by Gasteiger charge is 2.21. The molecule has 3 heteroatoms. The summed E-state index contributed by atoms with van der Waals surface area (Å²) in [6.45, 7) is 8.52. The molecule has 0 bridgehead atoms. The van der Waals surface area contributed by atoms with E-state index in [-0.39, 0.29) is 12.4 Å². The van der Waals surface area contributed by atoms with Gasteiger partial charge in [-0.05, 0) is 33.0 Å². The summed E-state index contributed by atoms with van der Waals surface area (Å²) in [5, 5.41) is 0.448. The first-order valence-corrected chi connectivity index (χ1v) is 4.92. The van der Waals surface area contributed by atoms with E-state index in [0.29, 0.717) is 5.31 Å². The molecule has 1 aliphatic heterocycles. The van der Waals surface area contributed by atoms with Gasteiger partial charge in [-0.2, -0.15) is 0 Å². The van der Waals surface area contributed by atoms with Crippen molar-refractivity contribution >= 4 is 0 Å². The van der Waals surface area contributed by atoms with Crippen molar-refractivity contribution in [3.05, 3.63) is 24.6 Å². The molecule has 0 aromatic heterocycles. The largest absolute Gasteiger partial charge is 0.497 e. The van der Waals surface area contributed by atoms with E-state index in [0.717, 1.165) is 6.20 Å². The minimum atomic E-state index is -2.75. The zero-order valence-electron chi connectivity index (χ0n) is 15.3. The van der Waals surface area contributed by atoms with Crippen LogP contribution in [0.2, 0.25) is 1.41 Å². The van der Waals surface area contributed by atoms with E-state index in [1.54, 1.807) is 20.8 Å². The Balaban J connectivity index is 3.46. The van der Waals surface area contributed by atoms with Gasteiger partial charge in [0.2, 0.25) is 0 Å². The van der Waals surface area contributed by atoms with Crippen LogP contribution in [0.3, 0.4) is 0 Å². The van der Waals surface area contributed by atoms with Crippen molar-refractivity contribution in [3.8, 4) is 0 Å². The second-order valence-electron chi connectivity index (χ2n) is 3.23. The maximum absolute atomic E-state index is 8.34. The van der Waals surface area contributed by atoms with Gasteiger partial charge in [0.1, 0.15) is 5.76 Å². The molecule has 0 aliphatic carbocycles. The van der Waals surface area contributed by atoms with E-state index in [1.807, 2.05) is 0 Å². The zero-order valence-corrected chi connectivity index (χ0v) is 9.33. The highest BCUT2D eigenvalue weighted by molar-refractivity contribution is 5.08. The van der Waals surface area contributed by atoms with Gasteiger partial charge in [0, 0.05) is 9.11 Å². The topological polar surface area (TPSA) is 30.5 Å². The summed E-state index contributed by atoms with van der Waals surface area (Å²) in [5.41, 5.74) is 0. The minimum Gasteiger partial charge on any atom is -0.497 e. The number of rotatable bonds is 5. The van der Waals surface area contributed by atoms with Crippen LogP contribution in [0.5, 0.6) is 0 Å². The fraction of sp³-hybridized carbons (Fsp3) is 0.667. The minimum absolute atomic E-state index is 0.150. The maximum Gasteiger partial charge on any atom is 0.160 e. The molecule has 0 spiro atoms. The lowest BCUT2D eigenvalue weighted by molar-refractivity contribution is 0.0210. The number of ether oxygens (including phenoxy) is 2. The molecule has 1 rings (SSSR count). The Hall–Kier alpha value is -0.960. The third kappa shape index (κ3) is 3.96. The molecule has 0 fully saturated rings. The average Bonchev–Trinajstić information content (AvgIpc) is 2.34. The van der Waals surface area contributed by atoms with Crippen molar-refractivity contribution in [3.63, 3.8) is 0 Å². The van der Waals surface area contributed by atoms with Gasteiger partial charge in [0.15, 0.2) is 1.41 Å². The molecule has 1 heterocycles. The van der Waals surface area contributed by atoms with Gasteiger partial charge in [-0.3, -0.25) is 0 Å². The summed E-state index contributed by atoms with van der Waals surface area (Å²) >= 11 is 0. The number of hydrogen-bond acceptors (Lipinski definition) is 3. The lowest BCUT2D eigenvalue weighted by Gasteiger charge is -2.28. The molecule has 1 N–H and O–H groups in total. The van der Waals surface area contributed by atoms with Crippen molar-refractivity contribution in [2.24, 2.45) is 0 Å². The molecule has 2 unspecified atom stereocenters. The first kappa shape index (κ1) is 5.94. The quantitative estimate of drug-likeness (QED) is 0.716. The summed E-state index contributed by atoms with van der Waals surface area (Å²) in [6.07, 6.45) is -4.83. The molecule has 86 valence electrons. The van der Waals surface area contributed by atoms with E-state index in [4.69, 9.17) is 17.7 Å². The van der Waals surface area contributed by atoms with Crippen LogP contribution >= 0.6 is 0 Å². The lowest BCUT2D eigenvalue weighted by atomic mass is 10.0. The Bertz CT molecular complexity index is 455. The summed E-state index contributed by atoms with van der Waals surface area (Å²) in [6, 6.07) is -2.94. The summed E-state index contributed by atoms with van der Waals surface area (Å²) in [5.74, 6) is -0.308. The molecule has 0 radical (unpaired) electrons. The Kier molecular flexibility index (Phi) is 2.30. The van der Waals surface area contributed by atoms with Crippen LogP contribution in [0, 0.1) is 0 Å². The highest BCUT2D eigenvalue weighted by Crippen LogP contribution is 2.16. The second kappa shape index (κ2) is 5.81. The summed E-state index contributed by atoms with van der Waals surface area (Å²) in [4.78, 5) is 0. The Morgan fingerprint density at radius 3 is 3.27 bits per heavy atom. The molecule has 3 nitrogen and oxygen atoms in total. The Morgan fingerprint density at radius 1 is 1.93 bits per heavy atom. The van der Waals surface area contributed by atoms with Crippen LogP contribution < -0.4 is 5.31 Å². The van der Waals surface area contributed by atoms with Gasteiger partial charge in [0.25, 0.3) is 0 Å². The van der Waals surface area contributed by atoms with Gasteiger partial charge in [0.05, 0.1) is 28.9 Å². The molecule has 0 aromatic carbocycles. The summed E-state index contributed by atoms with van der Waals surface area (Å²) < 4.78 is 59.0. The van der Waals surface area contributed by atoms with Crippen LogP contribution in [0.4, 0.5) is 0 Å². The van der Waals surface area contributed by atoms with Gasteiger partial charge in [-0.25, -0.2) is 0 Å². The fourth-order valence-electron chi connectivity index (χ4n) is 1.01. The first-order chi connectivity index (χ1) is 9.45. The van der Waals surface area contributed by atoms with Crippen LogP contribution in [0.15, 0.2) is 24.6 Å². The number of hydrogen-bond donors (Lipinski definition) is 1. The van der Waals surface area contributed by atoms with Crippen molar-refractivity contribution < 1.29 is 17.7 Å². The fourth-order valence-corrected chi connectivity index (χ4v) is 1.01. The van der Waals surface area contributed by atoms with Crippen molar-refractivity contribution in [2.45, 2.75) is 45.3 Å². The SMILES string of the molecule is [2H]C1=CN([2H])C([2H])(C(=C)OCC)C([2H])([2H])C1([2H])OC(C)C. The maximum atomic E-state index is 8.34. The lowest BCUT2D eigenvalue weighted by Crippen LogP contribution is -2.36. The monoisotopic (exact) mass is 217 g/mol. The molecule has 0 amide bonds. The van der Waals surface area contributed by atoms with Crippen LogP contribution in [0.25, 0.3) is 0 Å². The van der Waals surface area contributed by atoms with Gasteiger partial charge in [-0.1, -0.05) is 6.58 Å². The molecule has 15 heavy (non-hydrogen) atoms. The Labute approximate surface area is 101 Å². The molecular weight excluding hydrogens is 190 g/mol. The van der Waals surface area contributed by atoms with Crippen LogP contribution in [-0.2, 0) is 9.47 Å². The van der Waals surface area contributed by atoms with Gasteiger partial charge < -0.3 is 14.8 Å². The van der Waals surface area contributed by atoms with Crippen molar-refractivity contribution in [2.75, 3.05) is 6.61 Å². The summed E-state index contributed by atoms with van der Waals surface area (Å²) in [7, 11) is 0. The highest BCUT2D eigenvalue weighted by atomic mass is 16.5. The van der Waals surface area contributed by atoms with Crippen molar-refractivity contribution in [1.29, 1.82) is 0 Å². The smallest absolute Gasteiger partial charge is 0.160 e. The number of nitrogens with one attached hydrogen (secondary N) is 1. The van der Waals surface area contributed by atoms with E-state index in [1.165, 1.54) is 0 Å². The predicted molar refractivity (Wildman–Crippen MR) is 61.5 cm³/mol. The third-order valence-electron chi connectivity index (χ3n) is 1.56. The standard InChI is InChI=1S/C12H21NO2/c1-5-14-10(4)12-8-11(6-7-13-12)15-9(2)3/h6-7,9,11-13H,4-5,8H2,1-3H3/i6D,8D2,11D,12D/hD. The van der Waals surface area contributed by atoms with E-state index >= 15 is 0 Å². The first-order valence-electron chi connectivity index (χ1n) is 7.87. The van der Waals surface area contributed by atoms with E-state index in [2.05, 4.69) is 6.58 Å².